The summed E-state index contributed by atoms with van der Waals surface area (Å²) in [4.78, 5) is 12.2. The average Bonchev–Trinajstić information content (AvgIpc) is 2.37. The lowest BCUT2D eigenvalue weighted by Gasteiger charge is -2.33. The predicted molar refractivity (Wildman–Crippen MR) is 72.4 cm³/mol. The molecular formula is C15H15FN2O. The summed E-state index contributed by atoms with van der Waals surface area (Å²) in [6.45, 7) is 0. The van der Waals surface area contributed by atoms with Gasteiger partial charge in [-0.2, -0.15) is 0 Å². The molecular weight excluding hydrogens is 243 g/mol. The van der Waals surface area contributed by atoms with Crippen molar-refractivity contribution in [2.75, 3.05) is 0 Å². The number of fused-ring (bicyclic) bond motifs is 1. The zero-order valence-electron chi connectivity index (χ0n) is 10.4. The van der Waals surface area contributed by atoms with Gasteiger partial charge in [0, 0.05) is 23.0 Å². The fraction of sp³-hybridized carbons (Fsp3) is 0.267. The van der Waals surface area contributed by atoms with Gasteiger partial charge in [-0.15, -0.1) is 0 Å². The maximum atomic E-state index is 13.7. The van der Waals surface area contributed by atoms with E-state index in [4.69, 9.17) is 5.73 Å². The minimum Gasteiger partial charge on any atom is -0.349 e. The summed E-state index contributed by atoms with van der Waals surface area (Å²) < 4.78 is 13.7. The lowest BCUT2D eigenvalue weighted by Crippen LogP contribution is -2.50. The minimum atomic E-state index is -0.308. The summed E-state index contributed by atoms with van der Waals surface area (Å²) in [5.41, 5.74) is 6.20. The third kappa shape index (κ3) is 2.19. The number of carbonyl (C=O) groups excluding carboxylic acids is 1. The van der Waals surface area contributed by atoms with Crippen LogP contribution in [0.2, 0.25) is 0 Å². The van der Waals surface area contributed by atoms with Crippen LogP contribution >= 0.6 is 0 Å². The molecule has 0 unspecified atom stereocenters. The first-order chi connectivity index (χ1) is 9.15. The molecule has 1 aliphatic rings. The van der Waals surface area contributed by atoms with Crippen molar-refractivity contribution in [3.05, 3.63) is 47.8 Å². The first kappa shape index (κ1) is 12.1. The van der Waals surface area contributed by atoms with E-state index < -0.39 is 0 Å². The van der Waals surface area contributed by atoms with Crippen LogP contribution in [0.15, 0.2) is 36.4 Å². The van der Waals surface area contributed by atoms with E-state index in [0.29, 0.717) is 16.3 Å². The van der Waals surface area contributed by atoms with Crippen molar-refractivity contribution in [1.82, 2.24) is 5.32 Å². The highest BCUT2D eigenvalue weighted by Gasteiger charge is 2.27. The smallest absolute Gasteiger partial charge is 0.252 e. The molecule has 3 nitrogen and oxygen atoms in total. The topological polar surface area (TPSA) is 55.1 Å². The predicted octanol–water partition coefficient (Wildman–Crippen LogP) is 2.20. The third-order valence-corrected chi connectivity index (χ3v) is 3.63. The molecule has 98 valence electrons. The number of rotatable bonds is 2. The van der Waals surface area contributed by atoms with Gasteiger partial charge < -0.3 is 11.1 Å². The van der Waals surface area contributed by atoms with Gasteiger partial charge in [-0.1, -0.05) is 24.3 Å². The van der Waals surface area contributed by atoms with E-state index in [1.54, 1.807) is 24.3 Å². The largest absolute Gasteiger partial charge is 0.349 e. The second-order valence-electron chi connectivity index (χ2n) is 5.04. The van der Waals surface area contributed by atoms with Gasteiger partial charge in [0.25, 0.3) is 5.91 Å². The highest BCUT2D eigenvalue weighted by molar-refractivity contribution is 6.07. The molecule has 0 aliphatic heterocycles. The normalized spacial score (nSPS) is 22.0. The number of amides is 1. The Kier molecular flexibility index (Phi) is 2.95. The van der Waals surface area contributed by atoms with Crippen molar-refractivity contribution >= 4 is 16.7 Å². The van der Waals surface area contributed by atoms with Crippen LogP contribution in [0.25, 0.3) is 10.8 Å². The van der Waals surface area contributed by atoms with E-state index in [1.807, 2.05) is 0 Å². The van der Waals surface area contributed by atoms with E-state index in [-0.39, 0.29) is 23.8 Å². The Morgan fingerprint density at radius 2 is 1.84 bits per heavy atom. The SMILES string of the molecule is NC1CC(NC(=O)c2ccc(F)c3ccccc23)C1. The van der Waals surface area contributed by atoms with Gasteiger partial charge in [-0.05, 0) is 30.4 Å². The molecule has 1 saturated carbocycles. The molecule has 0 spiro atoms. The van der Waals surface area contributed by atoms with E-state index in [0.717, 1.165) is 12.8 Å². The maximum absolute atomic E-state index is 13.7. The molecule has 0 atom stereocenters. The number of carbonyl (C=O) groups is 1. The molecule has 3 rings (SSSR count). The minimum absolute atomic E-state index is 0.145. The van der Waals surface area contributed by atoms with Gasteiger partial charge in [0.1, 0.15) is 5.82 Å². The maximum Gasteiger partial charge on any atom is 0.252 e. The van der Waals surface area contributed by atoms with E-state index in [9.17, 15) is 9.18 Å². The molecule has 3 N–H and O–H groups in total. The van der Waals surface area contributed by atoms with Crippen molar-refractivity contribution in [2.45, 2.75) is 24.9 Å². The molecule has 0 radical (unpaired) electrons. The van der Waals surface area contributed by atoms with Crippen LogP contribution in [-0.4, -0.2) is 18.0 Å². The molecule has 0 aromatic heterocycles. The standard InChI is InChI=1S/C15H15FN2O/c16-14-6-5-13(11-3-1-2-4-12(11)14)15(19)18-10-7-9(17)8-10/h1-6,9-10H,7-8,17H2,(H,18,19). The van der Waals surface area contributed by atoms with Crippen molar-refractivity contribution in [3.63, 3.8) is 0 Å². The van der Waals surface area contributed by atoms with Gasteiger partial charge in [0.15, 0.2) is 0 Å². The average molecular weight is 258 g/mol. The first-order valence-corrected chi connectivity index (χ1v) is 6.39. The molecule has 4 heteroatoms. The molecule has 1 aliphatic carbocycles. The summed E-state index contributed by atoms with van der Waals surface area (Å²) >= 11 is 0. The lowest BCUT2D eigenvalue weighted by atomic mass is 9.87. The fourth-order valence-corrected chi connectivity index (χ4v) is 2.50. The van der Waals surface area contributed by atoms with Crippen molar-refractivity contribution < 1.29 is 9.18 Å². The molecule has 1 fully saturated rings. The Morgan fingerprint density at radius 3 is 2.53 bits per heavy atom. The monoisotopic (exact) mass is 258 g/mol. The quantitative estimate of drug-likeness (QED) is 0.867. The third-order valence-electron chi connectivity index (χ3n) is 3.63. The highest BCUT2D eigenvalue weighted by atomic mass is 19.1. The Labute approximate surface area is 110 Å². The highest BCUT2D eigenvalue weighted by Crippen LogP contribution is 2.23. The van der Waals surface area contributed by atoms with E-state index in [1.165, 1.54) is 12.1 Å². The Morgan fingerprint density at radius 1 is 1.16 bits per heavy atom. The molecule has 0 bridgehead atoms. The molecule has 0 saturated heterocycles. The summed E-state index contributed by atoms with van der Waals surface area (Å²) in [5.74, 6) is -0.467. The van der Waals surface area contributed by atoms with Crippen molar-refractivity contribution in [3.8, 4) is 0 Å². The number of nitrogens with two attached hydrogens (primary N) is 1. The Hall–Kier alpha value is -1.94. The zero-order chi connectivity index (χ0) is 13.4. The van der Waals surface area contributed by atoms with Crippen LogP contribution < -0.4 is 11.1 Å². The van der Waals surface area contributed by atoms with Crippen LogP contribution in [0, 0.1) is 5.82 Å². The van der Waals surface area contributed by atoms with Gasteiger partial charge in [0.05, 0.1) is 0 Å². The zero-order valence-corrected chi connectivity index (χ0v) is 10.4. The number of hydrogen-bond donors (Lipinski definition) is 2. The molecule has 2 aromatic rings. The molecule has 0 heterocycles. The first-order valence-electron chi connectivity index (χ1n) is 6.39. The number of nitrogens with one attached hydrogen (secondary N) is 1. The molecule has 2 aromatic carbocycles. The van der Waals surface area contributed by atoms with Crippen LogP contribution in [0.1, 0.15) is 23.2 Å². The summed E-state index contributed by atoms with van der Waals surface area (Å²) in [5, 5.41) is 4.05. The summed E-state index contributed by atoms with van der Waals surface area (Å²) in [6.07, 6.45) is 1.62. The van der Waals surface area contributed by atoms with E-state index in [2.05, 4.69) is 5.32 Å². The van der Waals surface area contributed by atoms with Crippen LogP contribution in [0.3, 0.4) is 0 Å². The summed E-state index contributed by atoms with van der Waals surface area (Å²) in [6, 6.07) is 10.2. The number of benzene rings is 2. The molecule has 1 amide bonds. The van der Waals surface area contributed by atoms with Crippen molar-refractivity contribution in [1.29, 1.82) is 0 Å². The summed E-state index contributed by atoms with van der Waals surface area (Å²) in [7, 11) is 0. The van der Waals surface area contributed by atoms with Gasteiger partial charge >= 0.3 is 0 Å². The van der Waals surface area contributed by atoms with Gasteiger partial charge in [-0.25, -0.2) is 4.39 Å². The van der Waals surface area contributed by atoms with Crippen LogP contribution in [0.4, 0.5) is 4.39 Å². The second-order valence-corrected chi connectivity index (χ2v) is 5.04. The van der Waals surface area contributed by atoms with Crippen molar-refractivity contribution in [2.24, 2.45) is 5.73 Å². The molecule has 19 heavy (non-hydrogen) atoms. The van der Waals surface area contributed by atoms with Crippen LogP contribution in [0.5, 0.6) is 0 Å². The Balaban J connectivity index is 1.92. The van der Waals surface area contributed by atoms with Gasteiger partial charge in [-0.3, -0.25) is 4.79 Å². The van der Waals surface area contributed by atoms with Crippen LogP contribution in [-0.2, 0) is 0 Å². The number of halogens is 1. The fourth-order valence-electron chi connectivity index (χ4n) is 2.50. The number of hydrogen-bond acceptors (Lipinski definition) is 2. The second kappa shape index (κ2) is 4.63. The van der Waals surface area contributed by atoms with E-state index >= 15 is 0 Å². The van der Waals surface area contributed by atoms with Gasteiger partial charge in [0.2, 0.25) is 0 Å². The lowest BCUT2D eigenvalue weighted by molar-refractivity contribution is 0.0912. The Bertz CT molecular complexity index is 635.